The van der Waals surface area contributed by atoms with E-state index in [1.54, 1.807) is 0 Å². The third-order valence-electron chi connectivity index (χ3n) is 6.04. The molecule has 4 heteroatoms. The molecule has 0 fully saturated rings. The van der Waals surface area contributed by atoms with Crippen LogP contribution < -0.4 is 0 Å². The Morgan fingerprint density at radius 2 is 1.12 bits per heavy atom. The fourth-order valence-electron chi connectivity index (χ4n) is 5.08. The highest BCUT2D eigenvalue weighted by Gasteiger charge is 2.58. The average Bonchev–Trinajstić information content (AvgIpc) is 2.67. The number of hydrogen-bond acceptors (Lipinski definition) is 0. The standard InChI is InChI=1S/C22H14Br2Cl2/c23-13-9-18-20(19(24)10-13)22(12-26)16-7-3-1-5-14(16)21(18,11-25)15-6-2-4-8-17(15)22/h1-10H,11-12H2. The van der Waals surface area contributed by atoms with Crippen LogP contribution in [-0.4, -0.2) is 11.8 Å². The lowest BCUT2D eigenvalue weighted by molar-refractivity contribution is 0.516. The molecule has 3 aliphatic carbocycles. The van der Waals surface area contributed by atoms with Crippen molar-refractivity contribution in [2.75, 3.05) is 11.8 Å². The molecule has 130 valence electrons. The van der Waals surface area contributed by atoms with E-state index in [2.05, 4.69) is 92.5 Å². The van der Waals surface area contributed by atoms with Gasteiger partial charge in [0.05, 0.1) is 10.8 Å². The van der Waals surface area contributed by atoms with Crippen LogP contribution >= 0.6 is 55.1 Å². The summed E-state index contributed by atoms with van der Waals surface area (Å²) in [6.45, 7) is 0. The van der Waals surface area contributed by atoms with E-state index in [-0.39, 0.29) is 10.8 Å². The van der Waals surface area contributed by atoms with E-state index in [0.717, 1.165) is 8.95 Å². The molecule has 0 saturated heterocycles. The highest BCUT2D eigenvalue weighted by Crippen LogP contribution is 2.64. The van der Waals surface area contributed by atoms with Gasteiger partial charge in [-0.1, -0.05) is 80.4 Å². The lowest BCUT2D eigenvalue weighted by Gasteiger charge is -2.56. The SMILES string of the molecule is ClCC12c3ccccc3C(CCl)(c3ccccc31)c1c(Br)cc(Br)cc12. The van der Waals surface area contributed by atoms with Crippen LogP contribution in [0.5, 0.6) is 0 Å². The number of rotatable bonds is 2. The molecule has 26 heavy (non-hydrogen) atoms. The van der Waals surface area contributed by atoms with Gasteiger partial charge in [-0.15, -0.1) is 23.2 Å². The molecule has 3 aromatic carbocycles. The molecule has 6 rings (SSSR count). The summed E-state index contributed by atoms with van der Waals surface area (Å²) in [4.78, 5) is 0. The average molecular weight is 509 g/mol. The maximum Gasteiger partial charge on any atom is 0.0606 e. The van der Waals surface area contributed by atoms with Gasteiger partial charge in [0.25, 0.3) is 0 Å². The Hall–Kier alpha value is -0.800. The van der Waals surface area contributed by atoms with Crippen LogP contribution in [0, 0.1) is 0 Å². The van der Waals surface area contributed by atoms with Crippen LogP contribution in [0.15, 0.2) is 69.6 Å². The molecule has 3 aromatic rings. The minimum Gasteiger partial charge on any atom is -0.125 e. The molecule has 0 aromatic heterocycles. The van der Waals surface area contributed by atoms with Gasteiger partial charge in [-0.3, -0.25) is 0 Å². The topological polar surface area (TPSA) is 0 Å². The smallest absolute Gasteiger partial charge is 0.0606 e. The predicted octanol–water partition coefficient (Wildman–Crippen LogP) is 6.98. The van der Waals surface area contributed by atoms with Crippen molar-refractivity contribution < 1.29 is 0 Å². The Kier molecular flexibility index (Phi) is 3.89. The van der Waals surface area contributed by atoms with Crippen molar-refractivity contribution in [2.45, 2.75) is 10.8 Å². The quantitative estimate of drug-likeness (QED) is 0.327. The number of benzene rings is 3. The van der Waals surface area contributed by atoms with Gasteiger partial charge in [0.15, 0.2) is 0 Å². The van der Waals surface area contributed by atoms with Crippen LogP contribution in [0.25, 0.3) is 0 Å². The Labute approximate surface area is 179 Å². The number of hydrogen-bond donors (Lipinski definition) is 0. The highest BCUT2D eigenvalue weighted by atomic mass is 79.9. The molecule has 0 atom stereocenters. The lowest BCUT2D eigenvalue weighted by atomic mass is 9.48. The highest BCUT2D eigenvalue weighted by molar-refractivity contribution is 9.11. The third kappa shape index (κ3) is 1.82. The summed E-state index contributed by atoms with van der Waals surface area (Å²) in [7, 11) is 0. The molecule has 0 amide bonds. The summed E-state index contributed by atoms with van der Waals surface area (Å²) in [6, 6.07) is 21.6. The van der Waals surface area contributed by atoms with E-state index in [1.807, 2.05) is 0 Å². The predicted molar refractivity (Wildman–Crippen MR) is 116 cm³/mol. The Bertz CT molecular complexity index is 1010. The molecule has 0 nitrogen and oxygen atoms in total. The largest absolute Gasteiger partial charge is 0.125 e. The monoisotopic (exact) mass is 506 g/mol. The molecule has 0 saturated carbocycles. The van der Waals surface area contributed by atoms with Crippen molar-refractivity contribution in [3.8, 4) is 0 Å². The second-order valence-electron chi connectivity index (χ2n) is 6.98. The van der Waals surface area contributed by atoms with Crippen molar-refractivity contribution >= 4 is 55.1 Å². The summed E-state index contributed by atoms with van der Waals surface area (Å²) < 4.78 is 2.11. The maximum absolute atomic E-state index is 6.78. The summed E-state index contributed by atoms with van der Waals surface area (Å²) >= 11 is 21.1. The first-order valence-corrected chi connectivity index (χ1v) is 11.1. The van der Waals surface area contributed by atoms with Gasteiger partial charge in [-0.05, 0) is 45.5 Å². The second kappa shape index (κ2) is 5.85. The summed E-state index contributed by atoms with van der Waals surface area (Å²) in [6.07, 6.45) is 0. The summed E-state index contributed by atoms with van der Waals surface area (Å²) in [5.41, 5.74) is 6.82. The third-order valence-corrected chi connectivity index (χ3v) is 7.92. The van der Waals surface area contributed by atoms with Gasteiger partial charge in [0, 0.05) is 20.7 Å². The minimum absolute atomic E-state index is 0.371. The Morgan fingerprint density at radius 1 is 0.654 bits per heavy atom. The minimum atomic E-state index is -0.378. The van der Waals surface area contributed by atoms with Crippen LogP contribution in [0.1, 0.15) is 33.4 Å². The summed E-state index contributed by atoms with van der Waals surface area (Å²) in [5, 5.41) is 0. The molecule has 2 bridgehead atoms. The van der Waals surface area contributed by atoms with E-state index in [1.165, 1.54) is 33.4 Å². The molecule has 0 aliphatic heterocycles. The normalized spacial score (nSPS) is 24.8. The molecule has 0 N–H and O–H groups in total. The van der Waals surface area contributed by atoms with Gasteiger partial charge >= 0.3 is 0 Å². The zero-order valence-electron chi connectivity index (χ0n) is 13.7. The fraction of sp³-hybridized carbons (Fsp3) is 0.182. The number of alkyl halides is 2. The lowest BCUT2D eigenvalue weighted by Crippen LogP contribution is -2.52. The van der Waals surface area contributed by atoms with E-state index < -0.39 is 0 Å². The second-order valence-corrected chi connectivity index (χ2v) is 9.28. The Balaban J connectivity index is 2.08. The van der Waals surface area contributed by atoms with Crippen LogP contribution in [0.4, 0.5) is 0 Å². The van der Waals surface area contributed by atoms with Gasteiger partial charge in [0.2, 0.25) is 0 Å². The van der Waals surface area contributed by atoms with E-state index in [4.69, 9.17) is 23.2 Å². The van der Waals surface area contributed by atoms with Gasteiger partial charge in [0.1, 0.15) is 0 Å². The van der Waals surface area contributed by atoms with Crippen molar-refractivity contribution in [1.82, 2.24) is 0 Å². The van der Waals surface area contributed by atoms with Crippen molar-refractivity contribution in [1.29, 1.82) is 0 Å². The molecule has 0 heterocycles. The van der Waals surface area contributed by atoms with Gasteiger partial charge in [-0.2, -0.15) is 0 Å². The molecule has 0 unspecified atom stereocenters. The van der Waals surface area contributed by atoms with Crippen LogP contribution in [0.3, 0.4) is 0 Å². The first kappa shape index (κ1) is 17.3. The summed E-state index contributed by atoms with van der Waals surface area (Å²) in [5.74, 6) is 0.960. The van der Waals surface area contributed by atoms with Gasteiger partial charge < -0.3 is 0 Å². The van der Waals surface area contributed by atoms with Crippen molar-refractivity contribution in [3.63, 3.8) is 0 Å². The van der Waals surface area contributed by atoms with Crippen LogP contribution in [0.2, 0.25) is 0 Å². The Morgan fingerprint density at radius 3 is 1.58 bits per heavy atom. The van der Waals surface area contributed by atoms with E-state index in [9.17, 15) is 0 Å². The first-order valence-electron chi connectivity index (χ1n) is 8.43. The van der Waals surface area contributed by atoms with Crippen molar-refractivity contribution in [3.05, 3.63) is 103 Å². The fourth-order valence-corrected chi connectivity index (χ4v) is 7.49. The molecule has 0 radical (unpaired) electrons. The van der Waals surface area contributed by atoms with E-state index >= 15 is 0 Å². The number of halogens is 4. The van der Waals surface area contributed by atoms with Gasteiger partial charge in [-0.25, -0.2) is 0 Å². The molecular formula is C22H14Br2Cl2. The van der Waals surface area contributed by atoms with E-state index in [0.29, 0.717) is 11.8 Å². The van der Waals surface area contributed by atoms with Crippen molar-refractivity contribution in [2.24, 2.45) is 0 Å². The molecular weight excluding hydrogens is 495 g/mol. The van der Waals surface area contributed by atoms with Crippen LogP contribution in [-0.2, 0) is 10.8 Å². The first-order chi connectivity index (χ1) is 12.6. The zero-order chi connectivity index (χ0) is 18.1. The molecule has 3 aliphatic rings. The molecule has 0 spiro atoms. The zero-order valence-corrected chi connectivity index (χ0v) is 18.4. The maximum atomic E-state index is 6.78.